The lowest BCUT2D eigenvalue weighted by atomic mass is 9.77. The van der Waals surface area contributed by atoms with Gasteiger partial charge < -0.3 is 9.47 Å². The van der Waals surface area contributed by atoms with E-state index in [-0.39, 0.29) is 17.2 Å². The highest BCUT2D eigenvalue weighted by atomic mass is 19.4. The summed E-state index contributed by atoms with van der Waals surface area (Å²) < 4.78 is 134. The molecular formula is C38H35F9O2. The van der Waals surface area contributed by atoms with Gasteiger partial charge in [0.1, 0.15) is 28.8 Å². The summed E-state index contributed by atoms with van der Waals surface area (Å²) in [6.07, 6.45) is 1.15. The van der Waals surface area contributed by atoms with Crippen LogP contribution in [0.4, 0.5) is 39.5 Å². The molecule has 262 valence electrons. The normalized spacial score (nSPS) is 16.9. The summed E-state index contributed by atoms with van der Waals surface area (Å²) in [5.41, 5.74) is 0.00892. The fraction of sp³-hybridized carbons (Fsp3) is 0.368. The maximum atomic E-state index is 15.3. The topological polar surface area (TPSA) is 18.5 Å². The van der Waals surface area contributed by atoms with Crippen LogP contribution in [-0.2, 0) is 6.11 Å². The van der Waals surface area contributed by atoms with Crippen LogP contribution in [0.5, 0.6) is 11.5 Å². The van der Waals surface area contributed by atoms with Crippen LogP contribution in [0.25, 0.3) is 22.3 Å². The molecule has 49 heavy (non-hydrogen) atoms. The molecule has 0 unspecified atom stereocenters. The number of benzene rings is 4. The number of hydrogen-bond acceptors (Lipinski definition) is 2. The van der Waals surface area contributed by atoms with Gasteiger partial charge in [-0.1, -0.05) is 75.4 Å². The van der Waals surface area contributed by atoms with E-state index in [1.54, 1.807) is 6.07 Å². The third kappa shape index (κ3) is 9.10. The standard InChI is InChI=1S/C38H35F9O2/c1-2-3-4-5-6-23-7-9-24(10-8-23)25-11-13-26(14-12-25)27-15-17-30(31(39)19-27)28-20-33(41)36(34(42)21-28)37(43,44)48-29-16-18-35(32(40)22-29)49-38(45,46)47/h11-24H,2-10H2,1H3. The number of ether oxygens (including phenoxy) is 2. The van der Waals surface area contributed by atoms with Gasteiger partial charge in [0, 0.05) is 11.6 Å². The van der Waals surface area contributed by atoms with Crippen molar-refractivity contribution in [3.63, 3.8) is 0 Å². The highest BCUT2D eigenvalue weighted by Crippen LogP contribution is 2.41. The molecule has 11 heteroatoms. The summed E-state index contributed by atoms with van der Waals surface area (Å²) in [6, 6.07) is 13.9. The number of halogens is 9. The Morgan fingerprint density at radius 3 is 1.84 bits per heavy atom. The second-order valence-corrected chi connectivity index (χ2v) is 12.5. The van der Waals surface area contributed by atoms with E-state index in [0.717, 1.165) is 24.3 Å². The van der Waals surface area contributed by atoms with Gasteiger partial charge >= 0.3 is 12.5 Å². The second-order valence-electron chi connectivity index (χ2n) is 12.5. The number of alkyl halides is 5. The van der Waals surface area contributed by atoms with E-state index < -0.39 is 52.8 Å². The molecule has 0 radical (unpaired) electrons. The van der Waals surface area contributed by atoms with Gasteiger partial charge in [0.05, 0.1) is 0 Å². The average molecular weight is 695 g/mol. The molecule has 1 aliphatic rings. The molecule has 2 nitrogen and oxygen atoms in total. The van der Waals surface area contributed by atoms with Gasteiger partial charge in [0.2, 0.25) is 0 Å². The first-order chi connectivity index (χ1) is 23.2. The summed E-state index contributed by atoms with van der Waals surface area (Å²) >= 11 is 0. The molecule has 4 aromatic rings. The maximum Gasteiger partial charge on any atom is 0.573 e. The van der Waals surface area contributed by atoms with Crippen molar-refractivity contribution in [3.05, 3.63) is 107 Å². The van der Waals surface area contributed by atoms with Crippen molar-refractivity contribution >= 4 is 0 Å². The Labute approximate surface area is 278 Å². The number of hydrogen-bond donors (Lipinski definition) is 0. The summed E-state index contributed by atoms with van der Waals surface area (Å²) in [4.78, 5) is 0. The minimum Gasteiger partial charge on any atom is -0.429 e. The third-order valence-electron chi connectivity index (χ3n) is 9.02. The molecule has 0 spiro atoms. The fourth-order valence-electron chi connectivity index (χ4n) is 6.48. The summed E-state index contributed by atoms with van der Waals surface area (Å²) in [5.74, 6) is -7.22. The third-order valence-corrected chi connectivity index (χ3v) is 9.02. The molecule has 0 aromatic heterocycles. The molecule has 0 N–H and O–H groups in total. The van der Waals surface area contributed by atoms with Crippen LogP contribution in [-0.4, -0.2) is 6.36 Å². The lowest BCUT2D eigenvalue weighted by Crippen LogP contribution is -2.25. The Morgan fingerprint density at radius 2 is 1.24 bits per heavy atom. The smallest absolute Gasteiger partial charge is 0.429 e. The van der Waals surface area contributed by atoms with E-state index in [9.17, 15) is 35.1 Å². The maximum absolute atomic E-state index is 15.3. The van der Waals surface area contributed by atoms with Crippen molar-refractivity contribution in [2.45, 2.75) is 83.1 Å². The monoisotopic (exact) mass is 694 g/mol. The van der Waals surface area contributed by atoms with Crippen molar-refractivity contribution in [2.24, 2.45) is 5.92 Å². The van der Waals surface area contributed by atoms with Gasteiger partial charge in [0.15, 0.2) is 11.6 Å². The fourth-order valence-corrected chi connectivity index (χ4v) is 6.48. The molecule has 1 fully saturated rings. The first kappa shape index (κ1) is 36.1. The summed E-state index contributed by atoms with van der Waals surface area (Å²) in [6.45, 7) is 2.21. The number of unbranched alkanes of at least 4 members (excludes halogenated alkanes) is 3. The van der Waals surface area contributed by atoms with E-state index in [1.165, 1.54) is 62.6 Å². The molecule has 4 aromatic carbocycles. The number of rotatable bonds is 12. The van der Waals surface area contributed by atoms with Crippen LogP contribution in [0.3, 0.4) is 0 Å². The molecule has 0 bridgehead atoms. The molecule has 0 saturated heterocycles. The predicted molar refractivity (Wildman–Crippen MR) is 168 cm³/mol. The van der Waals surface area contributed by atoms with Crippen LogP contribution in [0, 0.1) is 29.2 Å². The minimum atomic E-state index is -5.25. The Kier molecular flexibility index (Phi) is 11.2. The lowest BCUT2D eigenvalue weighted by Gasteiger charge is -2.29. The zero-order valence-electron chi connectivity index (χ0n) is 26.7. The van der Waals surface area contributed by atoms with Gasteiger partial charge in [0.25, 0.3) is 0 Å². The quantitative estimate of drug-likeness (QED) is 0.109. The first-order valence-corrected chi connectivity index (χ1v) is 16.3. The average Bonchev–Trinajstić information content (AvgIpc) is 3.03. The van der Waals surface area contributed by atoms with E-state index in [0.29, 0.717) is 35.7 Å². The van der Waals surface area contributed by atoms with Crippen LogP contribution in [0.2, 0.25) is 0 Å². The molecular weight excluding hydrogens is 659 g/mol. The Morgan fingerprint density at radius 1 is 0.612 bits per heavy atom. The molecule has 0 amide bonds. The molecule has 1 saturated carbocycles. The van der Waals surface area contributed by atoms with Gasteiger partial charge in [-0.25, -0.2) is 17.6 Å². The van der Waals surface area contributed by atoms with E-state index >= 15 is 4.39 Å². The van der Waals surface area contributed by atoms with E-state index in [4.69, 9.17) is 0 Å². The van der Waals surface area contributed by atoms with Crippen LogP contribution in [0.15, 0.2) is 72.8 Å². The van der Waals surface area contributed by atoms with Crippen LogP contribution < -0.4 is 9.47 Å². The zero-order chi connectivity index (χ0) is 35.3. The molecule has 1 aliphatic carbocycles. The minimum absolute atomic E-state index is 0.144. The predicted octanol–water partition coefficient (Wildman–Crippen LogP) is 12.8. The van der Waals surface area contributed by atoms with Crippen molar-refractivity contribution < 1.29 is 49.0 Å². The van der Waals surface area contributed by atoms with Gasteiger partial charge in [-0.2, -0.15) is 8.78 Å². The zero-order valence-corrected chi connectivity index (χ0v) is 26.7. The Hall–Kier alpha value is -4.15. The Bertz CT molecular complexity index is 1700. The highest BCUT2D eigenvalue weighted by Gasteiger charge is 2.42. The van der Waals surface area contributed by atoms with Gasteiger partial charge in [-0.3, -0.25) is 0 Å². The summed E-state index contributed by atoms with van der Waals surface area (Å²) in [5, 5.41) is 0. The van der Waals surface area contributed by atoms with Crippen molar-refractivity contribution in [2.75, 3.05) is 0 Å². The molecule has 0 atom stereocenters. The van der Waals surface area contributed by atoms with E-state index in [1.807, 2.05) is 24.3 Å². The van der Waals surface area contributed by atoms with Gasteiger partial charge in [-0.15, -0.1) is 13.2 Å². The SMILES string of the molecule is CCCCCCC1CCC(c2ccc(-c3ccc(-c4cc(F)c(C(F)(F)Oc5ccc(OC(F)(F)F)c(F)c5)c(F)c4)c(F)c3)cc2)CC1. The van der Waals surface area contributed by atoms with Crippen LogP contribution >= 0.6 is 0 Å². The highest BCUT2D eigenvalue weighted by molar-refractivity contribution is 5.71. The largest absolute Gasteiger partial charge is 0.573 e. The van der Waals surface area contributed by atoms with Crippen LogP contribution in [0.1, 0.15) is 81.8 Å². The van der Waals surface area contributed by atoms with Gasteiger partial charge in [-0.05, 0) is 90.1 Å². The first-order valence-electron chi connectivity index (χ1n) is 16.3. The molecule has 5 rings (SSSR count). The van der Waals surface area contributed by atoms with Crippen molar-refractivity contribution in [1.82, 2.24) is 0 Å². The summed E-state index contributed by atoms with van der Waals surface area (Å²) in [7, 11) is 0. The second kappa shape index (κ2) is 15.2. The van der Waals surface area contributed by atoms with Crippen molar-refractivity contribution in [3.8, 4) is 33.8 Å². The Balaban J connectivity index is 1.26. The lowest BCUT2D eigenvalue weighted by molar-refractivity contribution is -0.275. The molecule has 0 heterocycles. The molecule has 0 aliphatic heterocycles. The van der Waals surface area contributed by atoms with E-state index in [2.05, 4.69) is 16.4 Å². The van der Waals surface area contributed by atoms with Crippen molar-refractivity contribution in [1.29, 1.82) is 0 Å².